The Hall–Kier alpha value is -3.06. The molecule has 0 fully saturated rings. The number of thioether (sulfide) groups is 1. The van der Waals surface area contributed by atoms with Crippen LogP contribution in [0.5, 0.6) is 0 Å². The topological polar surface area (TPSA) is 87.1 Å². The second-order valence-corrected chi connectivity index (χ2v) is 7.66. The van der Waals surface area contributed by atoms with Crippen LogP contribution >= 0.6 is 11.8 Å². The lowest BCUT2D eigenvalue weighted by Crippen LogP contribution is -2.44. The molecule has 2 N–H and O–H groups in total. The zero-order chi connectivity index (χ0) is 21.0. The fourth-order valence-electron chi connectivity index (χ4n) is 3.11. The Morgan fingerprint density at radius 1 is 1.00 bits per heavy atom. The van der Waals surface area contributed by atoms with Crippen LogP contribution in [0.2, 0.25) is 0 Å². The molecule has 7 heteroatoms. The zero-order valence-electron chi connectivity index (χ0n) is 16.4. The molecule has 0 bridgehead atoms. The van der Waals surface area contributed by atoms with Crippen molar-refractivity contribution in [1.29, 1.82) is 0 Å². The van der Waals surface area contributed by atoms with E-state index in [1.807, 2.05) is 61.5 Å². The largest absolute Gasteiger partial charge is 0.384 e. The first-order valence-electron chi connectivity index (χ1n) is 9.32. The van der Waals surface area contributed by atoms with Crippen molar-refractivity contribution in [1.82, 2.24) is 9.13 Å². The van der Waals surface area contributed by atoms with Gasteiger partial charge in [-0.25, -0.2) is 4.79 Å². The number of aryl methyl sites for hydroxylation is 1. The predicted octanol–water partition coefficient (Wildman–Crippen LogP) is 2.94. The SMILES string of the molecule is CCn1c(=O)c(C(=O)CSc2ccccc2C)c(N)n(Cc2ccccc2)c1=O. The van der Waals surface area contributed by atoms with Crippen LogP contribution in [-0.4, -0.2) is 20.7 Å². The number of aromatic nitrogens is 2. The average molecular weight is 410 g/mol. The van der Waals surface area contributed by atoms with E-state index in [0.717, 1.165) is 20.6 Å². The number of ketones is 1. The summed E-state index contributed by atoms with van der Waals surface area (Å²) in [4.78, 5) is 39.5. The molecule has 150 valence electrons. The van der Waals surface area contributed by atoms with Crippen LogP contribution < -0.4 is 17.0 Å². The van der Waals surface area contributed by atoms with Gasteiger partial charge in [-0.15, -0.1) is 11.8 Å². The Morgan fingerprint density at radius 2 is 1.66 bits per heavy atom. The number of anilines is 1. The van der Waals surface area contributed by atoms with Crippen molar-refractivity contribution < 1.29 is 4.79 Å². The standard InChI is InChI=1S/C22H23N3O3S/c1-3-24-21(27)19(17(26)14-29-18-12-8-7-9-15(18)2)20(23)25(22(24)28)13-16-10-5-4-6-11-16/h4-12H,3,13-14,23H2,1-2H3. The van der Waals surface area contributed by atoms with Crippen molar-refractivity contribution in [3.05, 3.63) is 92.1 Å². The van der Waals surface area contributed by atoms with Gasteiger partial charge < -0.3 is 5.73 Å². The number of carbonyl (C=O) groups is 1. The van der Waals surface area contributed by atoms with Gasteiger partial charge in [0.1, 0.15) is 11.4 Å². The van der Waals surface area contributed by atoms with Crippen molar-refractivity contribution >= 4 is 23.4 Å². The second-order valence-electron chi connectivity index (χ2n) is 6.64. The van der Waals surface area contributed by atoms with E-state index in [1.165, 1.54) is 16.3 Å². The number of nitrogen functional groups attached to an aromatic ring is 1. The Bertz CT molecular complexity index is 1150. The summed E-state index contributed by atoms with van der Waals surface area (Å²) in [5, 5.41) is 0. The summed E-state index contributed by atoms with van der Waals surface area (Å²) in [6.07, 6.45) is 0. The van der Waals surface area contributed by atoms with Crippen LogP contribution in [0.3, 0.4) is 0 Å². The van der Waals surface area contributed by atoms with Crippen molar-refractivity contribution in [3.8, 4) is 0 Å². The molecule has 0 aliphatic rings. The molecule has 3 aromatic rings. The monoisotopic (exact) mass is 409 g/mol. The Kier molecular flexibility index (Phi) is 6.39. The smallest absolute Gasteiger partial charge is 0.332 e. The molecule has 2 aromatic carbocycles. The molecule has 0 aliphatic carbocycles. The summed E-state index contributed by atoms with van der Waals surface area (Å²) in [7, 11) is 0. The van der Waals surface area contributed by atoms with Gasteiger partial charge in [-0.3, -0.25) is 18.7 Å². The van der Waals surface area contributed by atoms with Crippen LogP contribution in [0.25, 0.3) is 0 Å². The number of carbonyl (C=O) groups excluding carboxylic acids is 1. The van der Waals surface area contributed by atoms with Crippen molar-refractivity contribution in [2.24, 2.45) is 0 Å². The molecule has 0 saturated heterocycles. The number of nitrogens with two attached hydrogens (primary N) is 1. The van der Waals surface area contributed by atoms with Crippen molar-refractivity contribution in [2.75, 3.05) is 11.5 Å². The summed E-state index contributed by atoms with van der Waals surface area (Å²) in [5.41, 5.74) is 6.82. The molecule has 0 amide bonds. The van der Waals surface area contributed by atoms with E-state index in [9.17, 15) is 14.4 Å². The van der Waals surface area contributed by atoms with E-state index < -0.39 is 11.2 Å². The molecular weight excluding hydrogens is 386 g/mol. The minimum atomic E-state index is -0.630. The number of rotatable bonds is 7. The zero-order valence-corrected chi connectivity index (χ0v) is 17.2. The van der Waals surface area contributed by atoms with Gasteiger partial charge >= 0.3 is 5.69 Å². The number of hydrogen-bond donors (Lipinski definition) is 1. The first-order chi connectivity index (χ1) is 13.9. The van der Waals surface area contributed by atoms with Crippen LogP contribution in [0.15, 0.2) is 69.1 Å². The van der Waals surface area contributed by atoms with Crippen LogP contribution in [0, 0.1) is 6.92 Å². The van der Waals surface area contributed by atoms with Crippen molar-refractivity contribution in [2.45, 2.75) is 31.8 Å². The van der Waals surface area contributed by atoms with E-state index in [0.29, 0.717) is 0 Å². The van der Waals surface area contributed by atoms with E-state index in [-0.39, 0.29) is 36.0 Å². The molecule has 6 nitrogen and oxygen atoms in total. The van der Waals surface area contributed by atoms with E-state index in [1.54, 1.807) is 6.92 Å². The van der Waals surface area contributed by atoms with Crippen LogP contribution in [0.4, 0.5) is 5.82 Å². The van der Waals surface area contributed by atoms with Crippen LogP contribution in [0.1, 0.15) is 28.4 Å². The Labute approximate surface area is 173 Å². The molecule has 0 spiro atoms. The third kappa shape index (κ3) is 4.35. The highest BCUT2D eigenvalue weighted by atomic mass is 32.2. The maximum atomic E-state index is 12.9. The molecule has 1 aromatic heterocycles. The molecule has 0 radical (unpaired) electrons. The molecule has 0 aliphatic heterocycles. The summed E-state index contributed by atoms with van der Waals surface area (Å²) >= 11 is 1.35. The number of benzene rings is 2. The predicted molar refractivity (Wildman–Crippen MR) is 117 cm³/mol. The van der Waals surface area contributed by atoms with E-state index in [2.05, 4.69) is 0 Å². The second kappa shape index (κ2) is 8.96. The third-order valence-electron chi connectivity index (χ3n) is 4.70. The number of hydrogen-bond acceptors (Lipinski definition) is 5. The highest BCUT2D eigenvalue weighted by Crippen LogP contribution is 2.23. The van der Waals surface area contributed by atoms with Gasteiger partial charge in [0.15, 0.2) is 5.78 Å². The van der Waals surface area contributed by atoms with Gasteiger partial charge in [-0.2, -0.15) is 0 Å². The first-order valence-corrected chi connectivity index (χ1v) is 10.3. The van der Waals surface area contributed by atoms with Crippen LogP contribution in [-0.2, 0) is 13.1 Å². The summed E-state index contributed by atoms with van der Waals surface area (Å²) in [6.45, 7) is 4.02. The maximum absolute atomic E-state index is 12.9. The van der Waals surface area contributed by atoms with Gasteiger partial charge in [0.2, 0.25) is 0 Å². The normalized spacial score (nSPS) is 10.8. The minimum Gasteiger partial charge on any atom is -0.384 e. The van der Waals surface area contributed by atoms with Crippen molar-refractivity contribution in [3.63, 3.8) is 0 Å². The lowest BCUT2D eigenvalue weighted by atomic mass is 10.2. The molecular formula is C22H23N3O3S. The molecule has 3 rings (SSSR count). The fourth-order valence-corrected chi connectivity index (χ4v) is 4.01. The third-order valence-corrected chi connectivity index (χ3v) is 5.87. The number of Topliss-reactive ketones (excluding diaryl/α,β-unsaturated/α-hetero) is 1. The molecule has 0 unspecified atom stereocenters. The summed E-state index contributed by atoms with van der Waals surface area (Å²) in [6, 6.07) is 17.0. The fraction of sp³-hybridized carbons (Fsp3) is 0.227. The highest BCUT2D eigenvalue weighted by molar-refractivity contribution is 8.00. The lowest BCUT2D eigenvalue weighted by Gasteiger charge is -2.16. The number of nitrogens with zero attached hydrogens (tertiary/aromatic N) is 2. The quantitative estimate of drug-likeness (QED) is 0.479. The lowest BCUT2D eigenvalue weighted by molar-refractivity contribution is 0.102. The summed E-state index contributed by atoms with van der Waals surface area (Å²) in [5.74, 6) is -0.397. The average Bonchev–Trinajstić information content (AvgIpc) is 2.72. The van der Waals surface area contributed by atoms with Gasteiger partial charge in [0, 0.05) is 11.4 Å². The van der Waals surface area contributed by atoms with Gasteiger partial charge in [0.25, 0.3) is 5.56 Å². The van der Waals surface area contributed by atoms with E-state index in [4.69, 9.17) is 5.73 Å². The Morgan fingerprint density at radius 3 is 2.31 bits per heavy atom. The molecule has 0 saturated carbocycles. The van der Waals surface area contributed by atoms with Gasteiger partial charge in [-0.05, 0) is 31.0 Å². The van der Waals surface area contributed by atoms with E-state index >= 15 is 0 Å². The highest BCUT2D eigenvalue weighted by Gasteiger charge is 2.22. The molecule has 29 heavy (non-hydrogen) atoms. The maximum Gasteiger partial charge on any atom is 0.332 e. The molecule has 0 atom stereocenters. The van der Waals surface area contributed by atoms with Gasteiger partial charge in [-0.1, -0.05) is 48.5 Å². The minimum absolute atomic E-state index is 0.0670. The van der Waals surface area contributed by atoms with Gasteiger partial charge in [0.05, 0.1) is 12.3 Å². The first kappa shape index (κ1) is 20.7. The Balaban J connectivity index is 2.00. The molecule has 1 heterocycles. The summed E-state index contributed by atoms with van der Waals surface area (Å²) < 4.78 is 2.36.